The molecule has 0 aliphatic rings. The number of aliphatic carboxylic acids is 1. The molecule has 0 aliphatic heterocycles. The Balaban J connectivity index is 1.63. The summed E-state index contributed by atoms with van der Waals surface area (Å²) in [6.07, 6.45) is 0. The first-order chi connectivity index (χ1) is 19.9. The summed E-state index contributed by atoms with van der Waals surface area (Å²) >= 11 is 19.8. The van der Waals surface area contributed by atoms with E-state index >= 15 is 0 Å². The highest BCUT2D eigenvalue weighted by Crippen LogP contribution is 2.52. The second-order valence-electron chi connectivity index (χ2n) is 8.87. The van der Waals surface area contributed by atoms with Crippen molar-refractivity contribution in [2.75, 3.05) is 7.11 Å². The Kier molecular flexibility index (Phi) is 9.68. The number of thioether (sulfide) groups is 2. The zero-order chi connectivity index (χ0) is 28.9. The van der Waals surface area contributed by atoms with Crippen LogP contribution in [0.4, 0.5) is 0 Å². The highest BCUT2D eigenvalue weighted by molar-refractivity contribution is 9.10. The van der Waals surface area contributed by atoms with Gasteiger partial charge in [-0.15, -0.1) is 23.5 Å². The van der Waals surface area contributed by atoms with Crippen molar-refractivity contribution < 1.29 is 14.7 Å². The summed E-state index contributed by atoms with van der Waals surface area (Å²) in [5, 5.41) is 16.1. The molecule has 0 unspecified atom stereocenters. The molecule has 5 aromatic rings. The lowest BCUT2D eigenvalue weighted by Gasteiger charge is -2.18. The van der Waals surface area contributed by atoms with E-state index in [0.29, 0.717) is 22.2 Å². The molecule has 5 nitrogen and oxygen atoms in total. The highest BCUT2D eigenvalue weighted by Gasteiger charge is 2.26. The Labute approximate surface area is 264 Å². The van der Waals surface area contributed by atoms with E-state index in [-0.39, 0.29) is 10.3 Å². The van der Waals surface area contributed by atoms with Crippen LogP contribution in [0.25, 0.3) is 10.9 Å². The van der Waals surface area contributed by atoms with Crippen molar-refractivity contribution in [3.8, 4) is 0 Å². The summed E-state index contributed by atoms with van der Waals surface area (Å²) in [5.74, 6) is -1.16. The molecule has 1 heterocycles. The van der Waals surface area contributed by atoms with Crippen LogP contribution in [0.15, 0.2) is 117 Å². The highest BCUT2D eigenvalue weighted by atomic mass is 79.9. The van der Waals surface area contributed by atoms with Crippen molar-refractivity contribution in [2.45, 2.75) is 20.9 Å². The first kappa shape index (κ1) is 29.6. The number of benzene rings is 4. The number of fused-ring (bicyclic) bond motifs is 1. The third-order valence-electron chi connectivity index (χ3n) is 6.28. The van der Waals surface area contributed by atoms with E-state index in [1.807, 2.05) is 72.8 Å². The zero-order valence-corrected chi connectivity index (χ0v) is 26.4. The third kappa shape index (κ3) is 6.79. The quantitative estimate of drug-likeness (QED) is 0.0686. The van der Waals surface area contributed by atoms with Crippen LogP contribution >= 0.6 is 62.7 Å². The maximum absolute atomic E-state index is 12.0. The standard InChI is InChI=1S/C31H23BrCl2N2O3S2/c1-39-35-28(30(37)38)24-7-3-2-6-19(24)18-36-26-9-5-4-8-25(26)27(29(36)32)31(40-22-14-10-20(33)11-15-22)41-23-16-12-21(34)13-17-23/h2-17,31H,18H2,1H3,(H,37,38). The molecule has 4 aromatic carbocycles. The summed E-state index contributed by atoms with van der Waals surface area (Å²) in [5.41, 5.74) is 3.28. The average molecular weight is 686 g/mol. The lowest BCUT2D eigenvalue weighted by Crippen LogP contribution is -2.18. The number of oxime groups is 1. The van der Waals surface area contributed by atoms with Crippen molar-refractivity contribution in [1.82, 2.24) is 4.57 Å². The number of hydrogen-bond acceptors (Lipinski definition) is 5. The fourth-order valence-corrected chi connectivity index (χ4v) is 8.41. The molecule has 0 fully saturated rings. The minimum absolute atomic E-state index is 0.0437. The van der Waals surface area contributed by atoms with Crippen LogP contribution in [0.3, 0.4) is 0 Å². The van der Waals surface area contributed by atoms with E-state index in [9.17, 15) is 9.90 Å². The number of rotatable bonds is 10. The zero-order valence-electron chi connectivity index (χ0n) is 21.6. The average Bonchev–Trinajstić information content (AvgIpc) is 3.25. The summed E-state index contributed by atoms with van der Waals surface area (Å²) in [6.45, 7) is 0.414. The maximum atomic E-state index is 12.0. The molecule has 0 amide bonds. The van der Waals surface area contributed by atoms with Gasteiger partial charge in [-0.05, 0) is 76.1 Å². The molecule has 0 aliphatic carbocycles. The molecule has 208 valence electrons. The van der Waals surface area contributed by atoms with Gasteiger partial charge in [0.05, 0.1) is 9.19 Å². The Morgan fingerprint density at radius 3 is 2.05 bits per heavy atom. The van der Waals surface area contributed by atoms with E-state index in [2.05, 4.69) is 37.8 Å². The molecule has 0 saturated carbocycles. The molecule has 1 N–H and O–H groups in total. The molecule has 0 atom stereocenters. The Bertz CT molecular complexity index is 1680. The number of halogens is 3. The molecule has 0 bridgehead atoms. The van der Waals surface area contributed by atoms with Gasteiger partial charge < -0.3 is 14.5 Å². The molecule has 1 aromatic heterocycles. The molecule has 0 saturated heterocycles. The van der Waals surface area contributed by atoms with Gasteiger partial charge in [-0.2, -0.15) is 0 Å². The van der Waals surface area contributed by atoms with Gasteiger partial charge in [0.2, 0.25) is 0 Å². The SMILES string of the molecule is CON=C(C(=O)O)c1ccccc1Cn1c(Br)c(C(Sc2ccc(Cl)cc2)Sc2ccc(Cl)cc2)c2ccccc21. The van der Waals surface area contributed by atoms with Crippen LogP contribution in [-0.4, -0.2) is 28.5 Å². The number of aromatic nitrogens is 1. The number of carbonyl (C=O) groups is 1. The number of nitrogens with zero attached hydrogens (tertiary/aromatic N) is 2. The van der Waals surface area contributed by atoms with Crippen LogP contribution < -0.4 is 0 Å². The fourth-order valence-electron chi connectivity index (χ4n) is 4.45. The fraction of sp³-hybridized carbons (Fsp3) is 0.0968. The van der Waals surface area contributed by atoms with Crippen LogP contribution in [0, 0.1) is 0 Å². The first-order valence-electron chi connectivity index (χ1n) is 12.4. The Morgan fingerprint density at radius 2 is 1.46 bits per heavy atom. The van der Waals surface area contributed by atoms with Crippen LogP contribution in [0.1, 0.15) is 21.3 Å². The lowest BCUT2D eigenvalue weighted by atomic mass is 10.0. The van der Waals surface area contributed by atoms with Crippen LogP contribution in [0.5, 0.6) is 0 Å². The minimum atomic E-state index is -1.16. The smallest absolute Gasteiger partial charge is 0.358 e. The van der Waals surface area contributed by atoms with Gasteiger partial charge in [0.1, 0.15) is 7.11 Å². The summed E-state index contributed by atoms with van der Waals surface area (Å²) < 4.78 is 3.02. The van der Waals surface area contributed by atoms with E-state index in [1.165, 1.54) is 7.11 Å². The minimum Gasteiger partial charge on any atom is -0.476 e. The topological polar surface area (TPSA) is 63.8 Å². The van der Waals surface area contributed by atoms with Crippen molar-refractivity contribution in [2.24, 2.45) is 5.16 Å². The second kappa shape index (κ2) is 13.4. The van der Waals surface area contributed by atoms with E-state index in [1.54, 1.807) is 35.7 Å². The first-order valence-corrected chi connectivity index (χ1v) is 15.7. The van der Waals surface area contributed by atoms with E-state index in [4.69, 9.17) is 28.0 Å². The molecular weight excluding hydrogens is 663 g/mol. The number of hydrogen-bond donors (Lipinski definition) is 1. The van der Waals surface area contributed by atoms with Crippen molar-refractivity contribution in [1.29, 1.82) is 0 Å². The molecule has 10 heteroatoms. The summed E-state index contributed by atoms with van der Waals surface area (Å²) in [7, 11) is 1.34. The largest absolute Gasteiger partial charge is 0.476 e. The molecule has 0 spiro atoms. The number of carboxylic acid groups (broad SMARTS) is 1. The maximum Gasteiger partial charge on any atom is 0.358 e. The normalized spacial score (nSPS) is 11.8. The van der Waals surface area contributed by atoms with Crippen molar-refractivity contribution in [3.63, 3.8) is 0 Å². The number of para-hydroxylation sites is 1. The molecule has 5 rings (SSSR count). The third-order valence-corrected chi connectivity index (χ3v) is 10.2. The Hall–Kier alpha value is -2.88. The lowest BCUT2D eigenvalue weighted by molar-refractivity contribution is -0.129. The molecular formula is C31H23BrCl2N2O3S2. The number of carboxylic acids is 1. The van der Waals surface area contributed by atoms with E-state index < -0.39 is 5.97 Å². The van der Waals surface area contributed by atoms with Gasteiger partial charge in [0.15, 0.2) is 5.71 Å². The summed E-state index contributed by atoms with van der Waals surface area (Å²) in [4.78, 5) is 19.0. The Morgan fingerprint density at radius 1 is 0.902 bits per heavy atom. The van der Waals surface area contributed by atoms with E-state index in [0.717, 1.165) is 36.4 Å². The van der Waals surface area contributed by atoms with Crippen molar-refractivity contribution in [3.05, 3.63) is 128 Å². The van der Waals surface area contributed by atoms with Crippen LogP contribution in [0.2, 0.25) is 10.0 Å². The summed E-state index contributed by atoms with van der Waals surface area (Å²) in [6, 6.07) is 31.2. The second-order valence-corrected chi connectivity index (χ2v) is 13.1. The van der Waals surface area contributed by atoms with Crippen molar-refractivity contribution >= 4 is 85.2 Å². The van der Waals surface area contributed by atoms with Gasteiger partial charge in [0, 0.05) is 48.4 Å². The van der Waals surface area contributed by atoms with Gasteiger partial charge in [-0.25, -0.2) is 4.79 Å². The molecule has 0 radical (unpaired) electrons. The predicted molar refractivity (Wildman–Crippen MR) is 174 cm³/mol. The monoisotopic (exact) mass is 684 g/mol. The van der Waals surface area contributed by atoms with Gasteiger partial charge >= 0.3 is 5.97 Å². The predicted octanol–water partition coefficient (Wildman–Crippen LogP) is 9.78. The van der Waals surface area contributed by atoms with Gasteiger partial charge in [0.25, 0.3) is 0 Å². The van der Waals surface area contributed by atoms with Gasteiger partial charge in [-0.1, -0.05) is 70.8 Å². The van der Waals surface area contributed by atoms with Gasteiger partial charge in [-0.3, -0.25) is 0 Å². The molecule has 41 heavy (non-hydrogen) atoms. The van der Waals surface area contributed by atoms with Crippen LogP contribution in [-0.2, 0) is 16.2 Å².